The van der Waals surface area contributed by atoms with E-state index in [4.69, 9.17) is 10.2 Å². The predicted molar refractivity (Wildman–Crippen MR) is 39.9 cm³/mol. The minimum absolute atomic E-state index is 0.0429. The van der Waals surface area contributed by atoms with Crippen LogP contribution in [0.5, 0.6) is 0 Å². The number of hydrogen-bond donors (Lipinski definition) is 3. The van der Waals surface area contributed by atoms with Crippen molar-refractivity contribution in [2.45, 2.75) is 6.61 Å². The second kappa shape index (κ2) is 3.19. The molecule has 0 saturated heterocycles. The normalized spacial score (nSPS) is 9.75. The molecule has 3 N–H and O–H groups in total. The molecule has 0 unspecified atom stereocenters. The third-order valence-corrected chi connectivity index (χ3v) is 1.40. The number of carboxylic acid groups (broad SMARTS) is 1. The van der Waals surface area contributed by atoms with Gasteiger partial charge >= 0.3 is 5.97 Å². The van der Waals surface area contributed by atoms with Gasteiger partial charge in [0.05, 0.1) is 12.2 Å². The summed E-state index contributed by atoms with van der Waals surface area (Å²) in [6.07, 6.45) is 1.09. The maximum Gasteiger partial charge on any atom is 0.337 e. The molecule has 0 fully saturated rings. The van der Waals surface area contributed by atoms with Crippen LogP contribution in [-0.2, 0) is 6.61 Å². The van der Waals surface area contributed by atoms with Crippen molar-refractivity contribution in [1.82, 2.24) is 4.98 Å². The fourth-order valence-corrected chi connectivity index (χ4v) is 0.772. The third-order valence-electron chi connectivity index (χ3n) is 1.40. The molecule has 12 heavy (non-hydrogen) atoms. The summed E-state index contributed by atoms with van der Waals surface area (Å²) in [7, 11) is 0. The van der Waals surface area contributed by atoms with Gasteiger partial charge in [-0.1, -0.05) is 0 Å². The summed E-state index contributed by atoms with van der Waals surface area (Å²) in [5, 5.41) is 17.1. The maximum absolute atomic E-state index is 10.8. The van der Waals surface area contributed by atoms with Crippen LogP contribution in [0.25, 0.3) is 0 Å². The maximum atomic E-state index is 10.8. The van der Waals surface area contributed by atoms with Crippen molar-refractivity contribution >= 4 is 5.97 Å². The summed E-state index contributed by atoms with van der Waals surface area (Å²) in [5.41, 5.74) is -0.462. The molecule has 0 amide bonds. The summed E-state index contributed by atoms with van der Waals surface area (Å²) in [5.74, 6) is -1.14. The topological polar surface area (TPSA) is 90.4 Å². The van der Waals surface area contributed by atoms with Crippen molar-refractivity contribution < 1.29 is 15.0 Å². The lowest BCUT2D eigenvalue weighted by atomic mass is 10.2. The standard InChI is InChI=1S/C7H7NO4/c9-3-5-1-4(7(11)12)2-8-6(5)10/h1-2,9H,3H2,(H,8,10)(H,11,12). The molecule has 0 atom stereocenters. The zero-order chi connectivity index (χ0) is 9.14. The molecule has 0 bridgehead atoms. The molecular formula is C7H7NO4. The van der Waals surface area contributed by atoms with Gasteiger partial charge in [-0.2, -0.15) is 0 Å². The van der Waals surface area contributed by atoms with Crippen LogP contribution in [0.15, 0.2) is 17.1 Å². The molecule has 0 spiro atoms. The van der Waals surface area contributed by atoms with Gasteiger partial charge in [-0.3, -0.25) is 4.79 Å². The number of aliphatic hydroxyl groups is 1. The number of nitrogens with one attached hydrogen (secondary N) is 1. The molecule has 1 rings (SSSR count). The Kier molecular flexibility index (Phi) is 2.25. The number of aromatic nitrogens is 1. The predicted octanol–water partition coefficient (Wildman–Crippen LogP) is -0.435. The molecule has 1 aromatic rings. The van der Waals surface area contributed by atoms with Crippen LogP contribution in [0.3, 0.4) is 0 Å². The van der Waals surface area contributed by atoms with Gasteiger partial charge in [0.2, 0.25) is 0 Å². The van der Waals surface area contributed by atoms with E-state index in [0.29, 0.717) is 0 Å². The molecule has 5 heteroatoms. The Hall–Kier alpha value is -1.62. The van der Waals surface area contributed by atoms with Crippen molar-refractivity contribution in [3.8, 4) is 0 Å². The highest BCUT2D eigenvalue weighted by Gasteiger charge is 2.05. The number of rotatable bonds is 2. The Morgan fingerprint density at radius 3 is 2.75 bits per heavy atom. The van der Waals surface area contributed by atoms with E-state index in [2.05, 4.69) is 4.98 Å². The minimum atomic E-state index is -1.14. The van der Waals surface area contributed by atoms with E-state index < -0.39 is 18.1 Å². The number of carboxylic acids is 1. The van der Waals surface area contributed by atoms with Crippen molar-refractivity contribution in [2.24, 2.45) is 0 Å². The lowest BCUT2D eigenvalue weighted by molar-refractivity contribution is 0.0696. The fraction of sp³-hybridized carbons (Fsp3) is 0.143. The molecule has 1 heterocycles. The molecule has 64 valence electrons. The third kappa shape index (κ3) is 1.51. The first-order valence-corrected chi connectivity index (χ1v) is 3.21. The molecule has 0 aliphatic heterocycles. The SMILES string of the molecule is O=C(O)c1c[nH]c(=O)c(CO)c1. The van der Waals surface area contributed by atoms with Gasteiger partial charge in [0.15, 0.2) is 0 Å². The first-order chi connectivity index (χ1) is 5.65. The van der Waals surface area contributed by atoms with Gasteiger partial charge < -0.3 is 15.2 Å². The van der Waals surface area contributed by atoms with Crippen molar-refractivity contribution in [1.29, 1.82) is 0 Å². The summed E-state index contributed by atoms with van der Waals surface area (Å²) in [6.45, 7) is -0.462. The van der Waals surface area contributed by atoms with Crippen LogP contribution in [0.2, 0.25) is 0 Å². The van der Waals surface area contributed by atoms with Crippen LogP contribution < -0.4 is 5.56 Å². The van der Waals surface area contributed by atoms with E-state index in [1.807, 2.05) is 0 Å². The van der Waals surface area contributed by atoms with Gasteiger partial charge in [-0.25, -0.2) is 4.79 Å². The number of pyridine rings is 1. The van der Waals surface area contributed by atoms with Crippen molar-refractivity contribution in [2.75, 3.05) is 0 Å². The van der Waals surface area contributed by atoms with Crippen LogP contribution in [-0.4, -0.2) is 21.2 Å². The van der Waals surface area contributed by atoms with E-state index in [1.54, 1.807) is 0 Å². The fourth-order valence-electron chi connectivity index (χ4n) is 0.772. The van der Waals surface area contributed by atoms with Crippen molar-refractivity contribution in [3.63, 3.8) is 0 Å². The number of hydrogen-bond acceptors (Lipinski definition) is 3. The highest BCUT2D eigenvalue weighted by Crippen LogP contribution is 1.97. The molecule has 0 aliphatic carbocycles. The largest absolute Gasteiger partial charge is 0.478 e. The highest BCUT2D eigenvalue weighted by molar-refractivity contribution is 5.87. The van der Waals surface area contributed by atoms with E-state index in [9.17, 15) is 9.59 Å². The molecule has 5 nitrogen and oxygen atoms in total. The highest BCUT2D eigenvalue weighted by atomic mass is 16.4. The smallest absolute Gasteiger partial charge is 0.337 e. The van der Waals surface area contributed by atoms with E-state index >= 15 is 0 Å². The average Bonchev–Trinajstić information content (AvgIpc) is 2.05. The zero-order valence-electron chi connectivity index (χ0n) is 6.07. The van der Waals surface area contributed by atoms with Gasteiger partial charge in [0, 0.05) is 11.8 Å². The Morgan fingerprint density at radius 1 is 1.58 bits per heavy atom. The molecular weight excluding hydrogens is 162 g/mol. The first-order valence-electron chi connectivity index (χ1n) is 3.21. The number of aromatic carboxylic acids is 1. The van der Waals surface area contributed by atoms with E-state index in [0.717, 1.165) is 12.3 Å². The van der Waals surface area contributed by atoms with Crippen LogP contribution in [0.4, 0.5) is 0 Å². The summed E-state index contributed by atoms with van der Waals surface area (Å²) in [4.78, 5) is 23.4. The van der Waals surface area contributed by atoms with E-state index in [-0.39, 0.29) is 11.1 Å². The minimum Gasteiger partial charge on any atom is -0.478 e. The number of H-pyrrole nitrogens is 1. The van der Waals surface area contributed by atoms with Gasteiger partial charge in [-0.05, 0) is 6.07 Å². The lowest BCUT2D eigenvalue weighted by Crippen LogP contribution is -2.14. The Bertz CT molecular complexity index is 355. The van der Waals surface area contributed by atoms with Crippen LogP contribution in [0, 0.1) is 0 Å². The second-order valence-corrected chi connectivity index (χ2v) is 2.21. The summed E-state index contributed by atoms with van der Waals surface area (Å²) in [6, 6.07) is 1.14. The lowest BCUT2D eigenvalue weighted by Gasteiger charge is -1.96. The molecule has 1 aromatic heterocycles. The van der Waals surface area contributed by atoms with E-state index in [1.165, 1.54) is 0 Å². The summed E-state index contributed by atoms with van der Waals surface area (Å²) >= 11 is 0. The molecule has 0 aliphatic rings. The average molecular weight is 169 g/mol. The number of aromatic amines is 1. The van der Waals surface area contributed by atoms with Crippen molar-refractivity contribution in [3.05, 3.63) is 33.7 Å². The second-order valence-electron chi connectivity index (χ2n) is 2.21. The molecule has 0 radical (unpaired) electrons. The monoisotopic (exact) mass is 169 g/mol. The quantitative estimate of drug-likeness (QED) is 0.560. The number of carbonyl (C=O) groups is 1. The Labute approximate surface area is 67.3 Å². The Balaban J connectivity index is 3.23. The van der Waals surface area contributed by atoms with Crippen LogP contribution >= 0.6 is 0 Å². The molecule has 0 aromatic carbocycles. The number of aliphatic hydroxyl groups excluding tert-OH is 1. The van der Waals surface area contributed by atoms with Gasteiger partial charge in [0.25, 0.3) is 5.56 Å². The Morgan fingerprint density at radius 2 is 2.25 bits per heavy atom. The first kappa shape index (κ1) is 8.48. The zero-order valence-corrected chi connectivity index (χ0v) is 6.07. The molecule has 0 saturated carbocycles. The van der Waals surface area contributed by atoms with Crippen LogP contribution in [0.1, 0.15) is 15.9 Å². The van der Waals surface area contributed by atoms with Gasteiger partial charge in [-0.15, -0.1) is 0 Å². The summed E-state index contributed by atoms with van der Waals surface area (Å²) < 4.78 is 0. The van der Waals surface area contributed by atoms with Gasteiger partial charge in [0.1, 0.15) is 0 Å².